The third kappa shape index (κ3) is 4.04. The molecule has 30 heavy (non-hydrogen) atoms. The third-order valence-electron chi connectivity index (χ3n) is 7.40. The number of rotatable bonds is 7. The second-order valence-electron chi connectivity index (χ2n) is 9.35. The van der Waals surface area contributed by atoms with Crippen LogP contribution in [0.5, 0.6) is 11.5 Å². The molecule has 0 atom stereocenters. The maximum absolute atomic E-state index is 13.1. The van der Waals surface area contributed by atoms with Gasteiger partial charge in [-0.05, 0) is 85.1 Å². The number of hydrogen-bond acceptors (Lipinski definition) is 3. The minimum Gasteiger partial charge on any atom is -0.493 e. The van der Waals surface area contributed by atoms with E-state index in [1.54, 1.807) is 19.2 Å². The van der Waals surface area contributed by atoms with Crippen LogP contribution < -0.4 is 14.8 Å². The van der Waals surface area contributed by atoms with Gasteiger partial charge in [-0.3, -0.25) is 0 Å². The van der Waals surface area contributed by atoms with Crippen LogP contribution in [0.3, 0.4) is 0 Å². The van der Waals surface area contributed by atoms with E-state index in [4.69, 9.17) is 21.1 Å². The van der Waals surface area contributed by atoms with Crippen molar-refractivity contribution in [2.24, 2.45) is 23.7 Å². The lowest BCUT2D eigenvalue weighted by molar-refractivity contribution is -0.0142. The molecule has 0 heterocycles. The summed E-state index contributed by atoms with van der Waals surface area (Å²) in [6.45, 7) is 1.08. The minimum absolute atomic E-state index is 0.254. The molecular formula is C25H29ClFNO2. The van der Waals surface area contributed by atoms with Gasteiger partial charge in [-0.25, -0.2) is 4.39 Å². The Balaban J connectivity index is 1.25. The molecule has 3 nitrogen and oxygen atoms in total. The van der Waals surface area contributed by atoms with Crippen LogP contribution in [-0.2, 0) is 13.2 Å². The molecule has 6 rings (SSSR count). The van der Waals surface area contributed by atoms with Crippen LogP contribution in [-0.4, -0.2) is 13.2 Å². The highest BCUT2D eigenvalue weighted by Crippen LogP contribution is 2.53. The molecule has 4 saturated carbocycles. The van der Waals surface area contributed by atoms with E-state index in [9.17, 15) is 4.39 Å². The summed E-state index contributed by atoms with van der Waals surface area (Å²) >= 11 is 6.60. The Bertz CT molecular complexity index is 873. The molecule has 2 aromatic carbocycles. The predicted molar refractivity (Wildman–Crippen MR) is 116 cm³/mol. The van der Waals surface area contributed by atoms with Crippen molar-refractivity contribution in [3.8, 4) is 11.5 Å². The Morgan fingerprint density at radius 2 is 1.63 bits per heavy atom. The van der Waals surface area contributed by atoms with Gasteiger partial charge in [0.1, 0.15) is 12.4 Å². The molecule has 160 valence electrons. The van der Waals surface area contributed by atoms with E-state index in [0.29, 0.717) is 29.2 Å². The Hall–Kier alpha value is -1.78. The van der Waals surface area contributed by atoms with E-state index in [2.05, 4.69) is 5.32 Å². The summed E-state index contributed by atoms with van der Waals surface area (Å²) in [6, 6.07) is 10.7. The first-order chi connectivity index (χ1) is 14.6. The Labute approximate surface area is 182 Å². The van der Waals surface area contributed by atoms with E-state index < -0.39 is 0 Å². The lowest BCUT2D eigenvalue weighted by Crippen LogP contribution is -2.54. The quantitative estimate of drug-likeness (QED) is 0.587. The molecule has 5 heteroatoms. The fourth-order valence-electron chi connectivity index (χ4n) is 6.21. The minimum atomic E-state index is -0.254. The van der Waals surface area contributed by atoms with Crippen molar-refractivity contribution in [1.82, 2.24) is 5.32 Å². The summed E-state index contributed by atoms with van der Waals surface area (Å²) in [5.41, 5.74) is 1.93. The lowest BCUT2D eigenvalue weighted by atomic mass is 9.54. The summed E-state index contributed by atoms with van der Waals surface area (Å²) in [7, 11) is 1.64. The van der Waals surface area contributed by atoms with Gasteiger partial charge in [0.25, 0.3) is 0 Å². The summed E-state index contributed by atoms with van der Waals surface area (Å²) in [4.78, 5) is 0. The van der Waals surface area contributed by atoms with Gasteiger partial charge in [0, 0.05) is 23.7 Å². The molecule has 0 radical (unpaired) electrons. The molecular weight excluding hydrogens is 401 g/mol. The molecule has 0 spiro atoms. The van der Waals surface area contributed by atoms with Gasteiger partial charge in [0.05, 0.1) is 7.11 Å². The number of halogens is 2. The normalized spacial score (nSPS) is 29.2. The van der Waals surface area contributed by atoms with Crippen molar-refractivity contribution in [2.75, 3.05) is 7.11 Å². The Morgan fingerprint density at radius 3 is 2.27 bits per heavy atom. The molecule has 2 aromatic rings. The summed E-state index contributed by atoms with van der Waals surface area (Å²) in [5.74, 6) is 4.64. The largest absolute Gasteiger partial charge is 0.493 e. The van der Waals surface area contributed by atoms with Gasteiger partial charge in [-0.1, -0.05) is 23.7 Å². The number of nitrogens with one attached hydrogen (secondary N) is 1. The van der Waals surface area contributed by atoms with Gasteiger partial charge in [0.2, 0.25) is 0 Å². The van der Waals surface area contributed by atoms with Crippen LogP contribution in [0.4, 0.5) is 4.39 Å². The molecule has 0 aromatic heterocycles. The maximum atomic E-state index is 13.1. The third-order valence-corrected chi connectivity index (χ3v) is 7.75. The summed E-state index contributed by atoms with van der Waals surface area (Å²) < 4.78 is 24.6. The van der Waals surface area contributed by atoms with Crippen LogP contribution in [0, 0.1) is 29.5 Å². The van der Waals surface area contributed by atoms with Crippen LogP contribution in [0.25, 0.3) is 0 Å². The topological polar surface area (TPSA) is 30.5 Å². The SMILES string of the molecule is COc1cc(CNC2C3CC4CC(C3)CC2C4)c(Cl)cc1OCc1ccc(F)cc1. The van der Waals surface area contributed by atoms with E-state index >= 15 is 0 Å². The van der Waals surface area contributed by atoms with E-state index in [1.807, 2.05) is 12.1 Å². The van der Waals surface area contributed by atoms with Crippen molar-refractivity contribution < 1.29 is 13.9 Å². The molecule has 0 aliphatic heterocycles. The van der Waals surface area contributed by atoms with Gasteiger partial charge in [0.15, 0.2) is 11.5 Å². The van der Waals surface area contributed by atoms with Gasteiger partial charge in [-0.2, -0.15) is 0 Å². The average Bonchev–Trinajstić information content (AvgIpc) is 2.73. The van der Waals surface area contributed by atoms with Gasteiger partial charge >= 0.3 is 0 Å². The predicted octanol–water partition coefficient (Wildman–Crippen LogP) is 5.98. The van der Waals surface area contributed by atoms with Crippen LogP contribution in [0.1, 0.15) is 43.2 Å². The zero-order valence-corrected chi connectivity index (χ0v) is 18.1. The number of benzene rings is 2. The molecule has 4 aliphatic carbocycles. The highest BCUT2D eigenvalue weighted by Gasteiger charge is 2.47. The first-order valence-electron chi connectivity index (χ1n) is 11.1. The highest BCUT2D eigenvalue weighted by molar-refractivity contribution is 6.31. The first kappa shape index (κ1) is 20.1. The number of methoxy groups -OCH3 is 1. The van der Waals surface area contributed by atoms with E-state index in [-0.39, 0.29) is 5.82 Å². The molecule has 1 N–H and O–H groups in total. The number of hydrogen-bond donors (Lipinski definition) is 1. The van der Waals surface area contributed by atoms with Crippen molar-refractivity contribution in [3.63, 3.8) is 0 Å². The standard InChI is InChI=1S/C25H29ClFNO2/c1-29-23-11-20(13-28-25-18-7-16-6-17(9-18)10-19(25)8-16)22(26)12-24(23)30-14-15-2-4-21(27)5-3-15/h2-5,11-12,16-19,25,28H,6-10,13-14H2,1H3. The Morgan fingerprint density at radius 1 is 0.967 bits per heavy atom. The van der Waals surface area contributed by atoms with Gasteiger partial charge in [-0.15, -0.1) is 0 Å². The lowest BCUT2D eigenvalue weighted by Gasteiger charge is -2.54. The molecule has 0 unspecified atom stereocenters. The Kier molecular flexibility index (Phi) is 5.63. The van der Waals surface area contributed by atoms with Crippen molar-refractivity contribution in [2.45, 2.75) is 51.3 Å². The molecule has 0 saturated heterocycles. The van der Waals surface area contributed by atoms with Gasteiger partial charge < -0.3 is 14.8 Å². The zero-order valence-electron chi connectivity index (χ0n) is 17.4. The van der Waals surface area contributed by atoms with Crippen molar-refractivity contribution >= 4 is 11.6 Å². The monoisotopic (exact) mass is 429 g/mol. The second kappa shape index (κ2) is 8.39. The fraction of sp³-hybridized carbons (Fsp3) is 0.520. The van der Waals surface area contributed by atoms with Crippen molar-refractivity contribution in [3.05, 3.63) is 58.4 Å². The first-order valence-corrected chi connectivity index (χ1v) is 11.4. The second-order valence-corrected chi connectivity index (χ2v) is 9.75. The maximum Gasteiger partial charge on any atom is 0.163 e. The van der Waals surface area contributed by atoms with Crippen molar-refractivity contribution in [1.29, 1.82) is 0 Å². The van der Waals surface area contributed by atoms with Crippen LogP contribution in [0.2, 0.25) is 5.02 Å². The summed E-state index contributed by atoms with van der Waals surface area (Å²) in [5, 5.41) is 4.52. The zero-order chi connectivity index (χ0) is 20.7. The fourth-order valence-corrected chi connectivity index (χ4v) is 6.43. The van der Waals surface area contributed by atoms with Crippen LogP contribution in [0.15, 0.2) is 36.4 Å². The molecule has 4 aliphatic rings. The molecule has 4 bridgehead atoms. The van der Waals surface area contributed by atoms with Crippen LogP contribution >= 0.6 is 11.6 Å². The molecule has 0 amide bonds. The van der Waals surface area contributed by atoms with E-state index in [1.165, 1.54) is 44.2 Å². The molecule has 4 fully saturated rings. The average molecular weight is 430 g/mol. The number of ether oxygens (including phenoxy) is 2. The van der Waals surface area contributed by atoms with E-state index in [0.717, 1.165) is 41.3 Å². The highest BCUT2D eigenvalue weighted by atomic mass is 35.5. The smallest absolute Gasteiger partial charge is 0.163 e. The summed E-state index contributed by atoms with van der Waals surface area (Å²) in [6.07, 6.45) is 7.08.